The summed E-state index contributed by atoms with van der Waals surface area (Å²) in [4.78, 5) is 12.2. The summed E-state index contributed by atoms with van der Waals surface area (Å²) in [6.45, 7) is 6.74. The van der Waals surface area contributed by atoms with Crippen LogP contribution in [0.1, 0.15) is 88.9 Å². The van der Waals surface area contributed by atoms with E-state index in [9.17, 15) is 4.79 Å². The average molecular weight is 411 g/mol. The van der Waals surface area contributed by atoms with Gasteiger partial charge in [0.05, 0.1) is 18.3 Å². The first-order valence-corrected chi connectivity index (χ1v) is 11.1. The smallest absolute Gasteiger partial charge is 0.338 e. The van der Waals surface area contributed by atoms with Crippen molar-refractivity contribution in [3.8, 4) is 0 Å². The van der Waals surface area contributed by atoms with E-state index in [1.54, 1.807) is 24.3 Å². The van der Waals surface area contributed by atoms with Gasteiger partial charge in [0.1, 0.15) is 6.10 Å². The van der Waals surface area contributed by atoms with Gasteiger partial charge >= 0.3 is 5.97 Å². The first-order chi connectivity index (χ1) is 13.4. The maximum atomic E-state index is 12.2. The normalized spacial score (nSPS) is 19.5. The van der Waals surface area contributed by atoms with Gasteiger partial charge in [-0.05, 0) is 63.8 Å². The van der Waals surface area contributed by atoms with Crippen molar-refractivity contribution in [3.05, 3.63) is 34.9 Å². The monoisotopic (exact) mass is 410 g/mol. The van der Waals surface area contributed by atoms with Gasteiger partial charge in [-0.1, -0.05) is 50.6 Å². The molecular formula is C23H35ClO4. The van der Waals surface area contributed by atoms with Crippen molar-refractivity contribution in [3.63, 3.8) is 0 Å². The number of hydrogen-bond acceptors (Lipinski definition) is 4. The number of carbonyl (C=O) groups excluding carboxylic acids is 1. The first kappa shape index (κ1) is 23.2. The summed E-state index contributed by atoms with van der Waals surface area (Å²) in [7, 11) is 0. The van der Waals surface area contributed by atoms with Crippen molar-refractivity contribution in [2.75, 3.05) is 6.61 Å². The van der Waals surface area contributed by atoms with E-state index in [4.69, 9.17) is 25.8 Å². The minimum absolute atomic E-state index is 0.00829. The summed E-state index contributed by atoms with van der Waals surface area (Å²) < 4.78 is 17.1. The lowest BCUT2D eigenvalue weighted by Crippen LogP contribution is -2.21. The van der Waals surface area contributed by atoms with Crippen LogP contribution in [0, 0.1) is 0 Å². The van der Waals surface area contributed by atoms with Crippen molar-refractivity contribution in [1.82, 2.24) is 0 Å². The summed E-state index contributed by atoms with van der Waals surface area (Å²) in [5, 5.41) is 0.622. The van der Waals surface area contributed by atoms with E-state index in [1.165, 1.54) is 32.1 Å². The lowest BCUT2D eigenvalue weighted by atomic mass is 10.0. The third-order valence-corrected chi connectivity index (χ3v) is 5.43. The number of ether oxygens (including phenoxy) is 3. The highest BCUT2D eigenvalue weighted by molar-refractivity contribution is 6.30. The van der Waals surface area contributed by atoms with Crippen LogP contribution < -0.4 is 0 Å². The summed E-state index contributed by atoms with van der Waals surface area (Å²) in [6, 6.07) is 6.85. The molecule has 1 aliphatic rings. The summed E-state index contributed by atoms with van der Waals surface area (Å²) >= 11 is 5.86. The fourth-order valence-electron chi connectivity index (χ4n) is 3.51. The fraction of sp³-hybridized carbons (Fsp3) is 0.696. The average Bonchev–Trinajstić information content (AvgIpc) is 3.02. The van der Waals surface area contributed by atoms with Gasteiger partial charge in [-0.15, -0.1) is 0 Å². The van der Waals surface area contributed by atoms with E-state index in [2.05, 4.69) is 6.92 Å². The number of benzene rings is 1. The molecule has 0 N–H and O–H groups in total. The molecule has 28 heavy (non-hydrogen) atoms. The molecule has 1 saturated heterocycles. The molecule has 0 unspecified atom stereocenters. The van der Waals surface area contributed by atoms with E-state index < -0.39 is 5.79 Å². The molecule has 2 rings (SSSR count). The maximum absolute atomic E-state index is 12.2. The molecule has 1 heterocycles. The third-order valence-electron chi connectivity index (χ3n) is 5.18. The Hall–Kier alpha value is -1.10. The Labute approximate surface area is 174 Å². The molecule has 1 aliphatic heterocycles. The summed E-state index contributed by atoms with van der Waals surface area (Å²) in [6.07, 6.45) is 10.3. The van der Waals surface area contributed by atoms with Crippen LogP contribution in [-0.2, 0) is 14.2 Å². The minimum atomic E-state index is -0.405. The Bertz CT molecular complexity index is 585. The minimum Gasteiger partial charge on any atom is -0.459 e. The molecule has 0 spiro atoms. The van der Waals surface area contributed by atoms with Crippen LogP contribution in [0.25, 0.3) is 0 Å². The fourth-order valence-corrected chi connectivity index (χ4v) is 3.63. The van der Waals surface area contributed by atoms with Gasteiger partial charge in [0.15, 0.2) is 5.79 Å². The van der Waals surface area contributed by atoms with Crippen LogP contribution in [0.5, 0.6) is 0 Å². The second-order valence-electron chi connectivity index (χ2n) is 8.09. The molecule has 0 bridgehead atoms. The number of unbranched alkanes of at least 4 members (excludes halogenated alkanes) is 5. The lowest BCUT2D eigenvalue weighted by Gasteiger charge is -2.17. The van der Waals surface area contributed by atoms with Gasteiger partial charge in [0.2, 0.25) is 0 Å². The molecule has 5 heteroatoms. The Morgan fingerprint density at radius 3 is 2.39 bits per heavy atom. The van der Waals surface area contributed by atoms with Crippen molar-refractivity contribution >= 4 is 17.6 Å². The Balaban J connectivity index is 1.50. The number of carbonyl (C=O) groups is 1. The SMILES string of the molecule is CC[C@@H](CCCCCCCC[C@@H]1COC(C)(C)O1)OC(=O)c1ccc(Cl)cc1. The Morgan fingerprint density at radius 1 is 1.14 bits per heavy atom. The zero-order chi connectivity index (χ0) is 20.4. The molecule has 0 aromatic heterocycles. The maximum Gasteiger partial charge on any atom is 0.338 e. The molecule has 1 aromatic rings. The number of rotatable bonds is 12. The Kier molecular flexibility index (Phi) is 9.76. The van der Waals surface area contributed by atoms with Crippen LogP contribution in [0.4, 0.5) is 0 Å². The highest BCUT2D eigenvalue weighted by Crippen LogP contribution is 2.25. The van der Waals surface area contributed by atoms with E-state index in [-0.39, 0.29) is 18.2 Å². The predicted octanol–water partition coefficient (Wildman–Crippen LogP) is 6.55. The van der Waals surface area contributed by atoms with Crippen molar-refractivity contribution in [2.45, 2.75) is 96.6 Å². The Morgan fingerprint density at radius 2 is 1.79 bits per heavy atom. The summed E-state index contributed by atoms with van der Waals surface area (Å²) in [5.74, 6) is -0.665. The van der Waals surface area contributed by atoms with Crippen LogP contribution >= 0.6 is 11.6 Å². The topological polar surface area (TPSA) is 44.8 Å². The molecule has 0 amide bonds. The van der Waals surface area contributed by atoms with E-state index in [1.807, 2.05) is 13.8 Å². The van der Waals surface area contributed by atoms with Gasteiger partial charge in [-0.2, -0.15) is 0 Å². The number of esters is 1. The molecule has 4 nitrogen and oxygen atoms in total. The highest BCUT2D eigenvalue weighted by atomic mass is 35.5. The van der Waals surface area contributed by atoms with Crippen LogP contribution in [-0.4, -0.2) is 30.6 Å². The second-order valence-corrected chi connectivity index (χ2v) is 8.53. The van der Waals surface area contributed by atoms with Crippen LogP contribution in [0.3, 0.4) is 0 Å². The van der Waals surface area contributed by atoms with Gasteiger partial charge in [0.25, 0.3) is 0 Å². The standard InChI is InChI=1S/C23H35ClO4/c1-4-20(27-22(25)18-13-15-19(24)16-14-18)11-9-7-5-6-8-10-12-21-17-26-23(2,3)28-21/h13-16,20-21H,4-12,17H2,1-3H3/t20-,21+/m0/s1. The summed E-state index contributed by atoms with van der Waals surface area (Å²) in [5.41, 5.74) is 0.558. The van der Waals surface area contributed by atoms with Crippen molar-refractivity contribution in [2.24, 2.45) is 0 Å². The third kappa shape index (κ3) is 8.50. The van der Waals surface area contributed by atoms with Gasteiger partial charge in [-0.25, -0.2) is 4.79 Å². The molecule has 0 radical (unpaired) electrons. The molecule has 158 valence electrons. The van der Waals surface area contributed by atoms with Crippen molar-refractivity contribution < 1.29 is 19.0 Å². The van der Waals surface area contributed by atoms with Gasteiger partial charge < -0.3 is 14.2 Å². The van der Waals surface area contributed by atoms with Crippen LogP contribution in [0.15, 0.2) is 24.3 Å². The molecular weight excluding hydrogens is 376 g/mol. The largest absolute Gasteiger partial charge is 0.459 e. The molecule has 0 aliphatic carbocycles. The number of halogens is 1. The predicted molar refractivity (Wildman–Crippen MR) is 113 cm³/mol. The van der Waals surface area contributed by atoms with E-state index >= 15 is 0 Å². The molecule has 1 fully saturated rings. The zero-order valence-corrected chi connectivity index (χ0v) is 18.3. The van der Waals surface area contributed by atoms with Crippen molar-refractivity contribution in [1.29, 1.82) is 0 Å². The van der Waals surface area contributed by atoms with E-state index in [0.717, 1.165) is 32.3 Å². The molecule has 0 saturated carbocycles. The quantitative estimate of drug-likeness (QED) is 0.289. The van der Waals surface area contributed by atoms with E-state index in [0.29, 0.717) is 10.6 Å². The van der Waals surface area contributed by atoms with Gasteiger partial charge in [-0.3, -0.25) is 0 Å². The number of hydrogen-bond donors (Lipinski definition) is 0. The van der Waals surface area contributed by atoms with Crippen LogP contribution in [0.2, 0.25) is 5.02 Å². The zero-order valence-electron chi connectivity index (χ0n) is 17.5. The van der Waals surface area contributed by atoms with Gasteiger partial charge in [0, 0.05) is 5.02 Å². The molecule has 1 aromatic carbocycles. The second kappa shape index (κ2) is 11.8. The lowest BCUT2D eigenvalue weighted by molar-refractivity contribution is -0.139. The molecule has 2 atom stereocenters. The first-order valence-electron chi connectivity index (χ1n) is 10.7. The highest BCUT2D eigenvalue weighted by Gasteiger charge is 2.31.